The molecule has 0 unspecified atom stereocenters. The maximum atomic E-state index is 13.0. The average molecular weight is 469 g/mol. The van der Waals surface area contributed by atoms with Crippen LogP contribution in [0.3, 0.4) is 0 Å². The van der Waals surface area contributed by atoms with Crippen LogP contribution in [0, 0.1) is 5.92 Å². The Balaban J connectivity index is 2.01. The minimum Gasteiger partial charge on any atom is -0.410 e. The molecule has 0 aliphatic heterocycles. The van der Waals surface area contributed by atoms with Gasteiger partial charge in [-0.3, -0.25) is 19.4 Å². The molecule has 1 aromatic heterocycles. The van der Waals surface area contributed by atoms with E-state index in [0.717, 1.165) is 0 Å². The molecule has 2 atom stereocenters. The Hall–Kier alpha value is -3.75. The molecule has 2 rings (SSSR count). The number of para-hydroxylation sites is 1. The maximum absolute atomic E-state index is 13.0. The van der Waals surface area contributed by atoms with Crippen molar-refractivity contribution >= 4 is 23.7 Å². The number of pyridine rings is 1. The molecular weight excluding hydrogens is 436 g/mol. The van der Waals surface area contributed by atoms with E-state index in [-0.39, 0.29) is 18.9 Å². The third-order valence-corrected chi connectivity index (χ3v) is 4.86. The Morgan fingerprint density at radius 2 is 1.65 bits per heavy atom. The van der Waals surface area contributed by atoms with Gasteiger partial charge in [0.1, 0.15) is 11.8 Å². The SMILES string of the molecule is CCC[C@H](NC(=O)[C@H](CC(C)C)NC(=O)Oc1ccccc1)C(=O)C(=O)NCc1ccccn1. The standard InChI is InChI=1S/C25H32N4O5/c1-4-10-20(22(30)24(32)27-16-18-11-8-9-14-26-18)28-23(31)21(15-17(2)3)29-25(33)34-19-12-6-5-7-13-19/h5-9,11-14,17,20-21H,4,10,15-16H2,1-3H3,(H,27,32)(H,28,31)(H,29,33)/t20-,21-/m0/s1. The Kier molecular flexibility index (Phi) is 10.7. The Bertz CT molecular complexity index is 950. The second kappa shape index (κ2) is 13.7. The normalized spacial score (nSPS) is 12.4. The van der Waals surface area contributed by atoms with Crippen molar-refractivity contribution in [2.75, 3.05) is 0 Å². The van der Waals surface area contributed by atoms with E-state index in [1.54, 1.807) is 54.7 Å². The fourth-order valence-corrected chi connectivity index (χ4v) is 3.22. The number of carbonyl (C=O) groups is 4. The molecule has 182 valence electrons. The summed E-state index contributed by atoms with van der Waals surface area (Å²) in [4.78, 5) is 54.6. The van der Waals surface area contributed by atoms with E-state index in [2.05, 4.69) is 20.9 Å². The summed E-state index contributed by atoms with van der Waals surface area (Å²) < 4.78 is 5.22. The number of carbonyl (C=O) groups excluding carboxylic acids is 4. The lowest BCUT2D eigenvalue weighted by atomic mass is 10.0. The Morgan fingerprint density at radius 1 is 0.941 bits per heavy atom. The molecule has 0 aliphatic carbocycles. The number of hydrogen-bond donors (Lipinski definition) is 3. The van der Waals surface area contributed by atoms with E-state index in [1.165, 1.54) is 0 Å². The first-order valence-electron chi connectivity index (χ1n) is 11.4. The number of nitrogens with one attached hydrogen (secondary N) is 3. The van der Waals surface area contributed by atoms with Gasteiger partial charge in [0.2, 0.25) is 11.7 Å². The molecule has 0 radical (unpaired) electrons. The third-order valence-electron chi connectivity index (χ3n) is 4.86. The van der Waals surface area contributed by atoms with Gasteiger partial charge in [0.15, 0.2) is 0 Å². The zero-order chi connectivity index (χ0) is 24.9. The van der Waals surface area contributed by atoms with Crippen LogP contribution in [-0.4, -0.2) is 40.8 Å². The van der Waals surface area contributed by atoms with Crippen molar-refractivity contribution in [3.63, 3.8) is 0 Å². The predicted molar refractivity (Wildman–Crippen MR) is 127 cm³/mol. The smallest absolute Gasteiger partial charge is 0.410 e. The highest BCUT2D eigenvalue weighted by Crippen LogP contribution is 2.11. The van der Waals surface area contributed by atoms with Gasteiger partial charge in [-0.1, -0.05) is 51.5 Å². The van der Waals surface area contributed by atoms with Crippen molar-refractivity contribution in [3.8, 4) is 5.75 Å². The molecule has 3 amide bonds. The summed E-state index contributed by atoms with van der Waals surface area (Å²) in [5, 5.41) is 7.74. The average Bonchev–Trinajstić information content (AvgIpc) is 2.82. The van der Waals surface area contributed by atoms with Crippen LogP contribution < -0.4 is 20.7 Å². The number of ether oxygens (including phenoxy) is 1. The summed E-state index contributed by atoms with van der Waals surface area (Å²) in [6.07, 6.45) is 1.99. The van der Waals surface area contributed by atoms with Gasteiger partial charge in [0.05, 0.1) is 18.3 Å². The summed E-state index contributed by atoms with van der Waals surface area (Å²) in [6.45, 7) is 5.76. The number of Topliss-reactive ketones (excluding diaryl/α,β-unsaturated/α-hetero) is 1. The Morgan fingerprint density at radius 3 is 2.26 bits per heavy atom. The van der Waals surface area contributed by atoms with Gasteiger partial charge in [-0.15, -0.1) is 0 Å². The van der Waals surface area contributed by atoms with Crippen LogP contribution in [-0.2, 0) is 20.9 Å². The summed E-state index contributed by atoms with van der Waals surface area (Å²) in [5.41, 5.74) is 0.609. The van der Waals surface area contributed by atoms with Gasteiger partial charge >= 0.3 is 6.09 Å². The molecular formula is C25H32N4O5. The molecule has 0 fully saturated rings. The zero-order valence-electron chi connectivity index (χ0n) is 19.7. The van der Waals surface area contributed by atoms with Crippen LogP contribution >= 0.6 is 0 Å². The van der Waals surface area contributed by atoms with E-state index in [0.29, 0.717) is 24.3 Å². The highest BCUT2D eigenvalue weighted by molar-refractivity contribution is 6.38. The summed E-state index contributed by atoms with van der Waals surface area (Å²) in [6, 6.07) is 11.8. The molecule has 9 nitrogen and oxygen atoms in total. The molecule has 9 heteroatoms. The van der Waals surface area contributed by atoms with Gasteiger partial charge in [-0.2, -0.15) is 0 Å². The lowest BCUT2D eigenvalue weighted by molar-refractivity contribution is -0.140. The maximum Gasteiger partial charge on any atom is 0.413 e. The highest BCUT2D eigenvalue weighted by atomic mass is 16.6. The van der Waals surface area contributed by atoms with Crippen LogP contribution in [0.2, 0.25) is 0 Å². The number of hydrogen-bond acceptors (Lipinski definition) is 6. The number of aromatic nitrogens is 1. The number of benzene rings is 1. The lowest BCUT2D eigenvalue weighted by Gasteiger charge is -2.23. The monoisotopic (exact) mass is 468 g/mol. The molecule has 0 aliphatic rings. The van der Waals surface area contributed by atoms with Crippen molar-refractivity contribution < 1.29 is 23.9 Å². The topological polar surface area (TPSA) is 126 Å². The van der Waals surface area contributed by atoms with Crippen molar-refractivity contribution in [2.45, 2.75) is 58.7 Å². The summed E-state index contributed by atoms with van der Waals surface area (Å²) in [5.74, 6) is -1.69. The number of ketones is 1. The van der Waals surface area contributed by atoms with Crippen LogP contribution in [0.4, 0.5) is 4.79 Å². The van der Waals surface area contributed by atoms with Crippen LogP contribution in [0.5, 0.6) is 5.75 Å². The molecule has 0 saturated carbocycles. The second-order valence-corrected chi connectivity index (χ2v) is 8.25. The quantitative estimate of drug-likeness (QED) is 0.411. The molecule has 1 heterocycles. The minimum atomic E-state index is -1.01. The second-order valence-electron chi connectivity index (χ2n) is 8.25. The van der Waals surface area contributed by atoms with Crippen molar-refractivity contribution in [1.82, 2.24) is 20.9 Å². The van der Waals surface area contributed by atoms with Gasteiger partial charge in [-0.05, 0) is 43.0 Å². The van der Waals surface area contributed by atoms with E-state index in [1.807, 2.05) is 20.8 Å². The number of rotatable bonds is 12. The lowest BCUT2D eigenvalue weighted by Crippen LogP contribution is -2.54. The third kappa shape index (κ3) is 9.01. The molecule has 0 spiro atoms. The fraction of sp³-hybridized carbons (Fsp3) is 0.400. The van der Waals surface area contributed by atoms with E-state index < -0.39 is 35.8 Å². The first-order valence-corrected chi connectivity index (χ1v) is 11.4. The number of nitrogens with zero attached hydrogens (tertiary/aromatic N) is 1. The molecule has 0 bridgehead atoms. The first kappa shape index (κ1) is 26.5. The highest BCUT2D eigenvalue weighted by Gasteiger charge is 2.30. The van der Waals surface area contributed by atoms with Gasteiger partial charge in [0.25, 0.3) is 5.91 Å². The molecule has 3 N–H and O–H groups in total. The summed E-state index contributed by atoms with van der Waals surface area (Å²) >= 11 is 0. The zero-order valence-corrected chi connectivity index (χ0v) is 19.7. The molecule has 2 aromatic rings. The molecule has 1 aromatic carbocycles. The van der Waals surface area contributed by atoms with Crippen molar-refractivity contribution in [2.24, 2.45) is 5.92 Å². The molecule has 34 heavy (non-hydrogen) atoms. The largest absolute Gasteiger partial charge is 0.413 e. The first-order chi connectivity index (χ1) is 16.3. The van der Waals surface area contributed by atoms with Gasteiger partial charge in [0, 0.05) is 6.20 Å². The molecule has 0 saturated heterocycles. The van der Waals surface area contributed by atoms with Gasteiger partial charge < -0.3 is 20.7 Å². The van der Waals surface area contributed by atoms with Crippen LogP contribution in [0.1, 0.15) is 45.7 Å². The van der Waals surface area contributed by atoms with E-state index in [4.69, 9.17) is 4.74 Å². The fourth-order valence-electron chi connectivity index (χ4n) is 3.22. The number of amides is 3. The predicted octanol–water partition coefficient (Wildman–Crippen LogP) is 2.76. The van der Waals surface area contributed by atoms with Crippen molar-refractivity contribution in [1.29, 1.82) is 0 Å². The van der Waals surface area contributed by atoms with Crippen LogP contribution in [0.25, 0.3) is 0 Å². The Labute approximate surface area is 199 Å². The summed E-state index contributed by atoms with van der Waals surface area (Å²) in [7, 11) is 0. The van der Waals surface area contributed by atoms with Crippen molar-refractivity contribution in [3.05, 3.63) is 60.4 Å². The minimum absolute atomic E-state index is 0.0785. The van der Waals surface area contributed by atoms with Gasteiger partial charge in [-0.25, -0.2) is 4.79 Å². The van der Waals surface area contributed by atoms with Crippen LogP contribution in [0.15, 0.2) is 54.7 Å². The van der Waals surface area contributed by atoms with E-state index >= 15 is 0 Å². The van der Waals surface area contributed by atoms with E-state index in [9.17, 15) is 19.2 Å².